The topological polar surface area (TPSA) is 80.9 Å². The van der Waals surface area contributed by atoms with Crippen LogP contribution in [-0.2, 0) is 11.2 Å². The molecule has 25 heavy (non-hydrogen) atoms. The molecular formula is C20H28N4O. The predicted octanol–water partition coefficient (Wildman–Crippen LogP) is 3.02. The van der Waals surface area contributed by atoms with E-state index in [1.54, 1.807) is 0 Å². The molecule has 0 aliphatic heterocycles. The number of hydrogen-bond donors (Lipinski definition) is 2. The maximum absolute atomic E-state index is 11.7. The van der Waals surface area contributed by atoms with Gasteiger partial charge in [-0.25, -0.2) is 0 Å². The summed E-state index contributed by atoms with van der Waals surface area (Å²) in [6.45, 7) is 3.46. The van der Waals surface area contributed by atoms with Gasteiger partial charge in [-0.1, -0.05) is 0 Å². The van der Waals surface area contributed by atoms with E-state index < -0.39 is 0 Å². The van der Waals surface area contributed by atoms with Crippen LogP contribution < -0.4 is 11.1 Å². The first kappa shape index (κ1) is 19.1. The van der Waals surface area contributed by atoms with Crippen LogP contribution in [0.4, 0.5) is 0 Å². The van der Waals surface area contributed by atoms with Crippen molar-refractivity contribution in [3.8, 4) is 11.4 Å². The number of nitrogens with zero attached hydrogens (tertiary/aromatic N) is 2. The molecule has 2 aromatic heterocycles. The van der Waals surface area contributed by atoms with Gasteiger partial charge in [-0.15, -0.1) is 0 Å². The highest BCUT2D eigenvalue weighted by Crippen LogP contribution is 2.17. The van der Waals surface area contributed by atoms with Gasteiger partial charge in [0.2, 0.25) is 5.91 Å². The molecule has 2 aromatic rings. The molecule has 1 amide bonds. The Labute approximate surface area is 150 Å². The first-order chi connectivity index (χ1) is 12.2. The number of unbranched alkanes of at least 4 members (excludes halogenated alkanes) is 2. The second-order valence-electron chi connectivity index (χ2n) is 6.32. The number of carbonyl (C=O) groups excluding carboxylic acids is 1. The van der Waals surface area contributed by atoms with Gasteiger partial charge in [0.15, 0.2) is 0 Å². The van der Waals surface area contributed by atoms with Gasteiger partial charge in [-0.2, -0.15) is 0 Å². The summed E-state index contributed by atoms with van der Waals surface area (Å²) >= 11 is 0. The molecule has 0 aromatic carbocycles. The summed E-state index contributed by atoms with van der Waals surface area (Å²) in [6, 6.07) is 8.15. The Bertz CT molecular complexity index is 672. The Balaban J connectivity index is 1.74. The molecule has 0 unspecified atom stereocenters. The van der Waals surface area contributed by atoms with Crippen molar-refractivity contribution in [2.75, 3.05) is 13.1 Å². The van der Waals surface area contributed by atoms with E-state index in [2.05, 4.69) is 28.3 Å². The van der Waals surface area contributed by atoms with Crippen LogP contribution >= 0.6 is 0 Å². The Hall–Kier alpha value is -2.27. The van der Waals surface area contributed by atoms with Crippen LogP contribution in [0.5, 0.6) is 0 Å². The molecule has 0 radical (unpaired) electrons. The second-order valence-corrected chi connectivity index (χ2v) is 6.32. The van der Waals surface area contributed by atoms with E-state index in [1.165, 1.54) is 11.1 Å². The monoisotopic (exact) mass is 340 g/mol. The van der Waals surface area contributed by atoms with Crippen LogP contribution in [-0.4, -0.2) is 29.0 Å². The lowest BCUT2D eigenvalue weighted by Crippen LogP contribution is -2.24. The minimum Gasteiger partial charge on any atom is -0.356 e. The molecule has 2 heterocycles. The predicted molar refractivity (Wildman–Crippen MR) is 101 cm³/mol. The number of amides is 1. The zero-order valence-corrected chi connectivity index (χ0v) is 15.0. The number of pyridine rings is 2. The zero-order chi connectivity index (χ0) is 17.9. The summed E-state index contributed by atoms with van der Waals surface area (Å²) in [5.41, 5.74) is 9.64. The van der Waals surface area contributed by atoms with Crippen LogP contribution in [0.25, 0.3) is 11.4 Å². The average molecular weight is 340 g/mol. The molecule has 5 heteroatoms. The Morgan fingerprint density at radius 3 is 2.56 bits per heavy atom. The highest BCUT2D eigenvalue weighted by Gasteiger charge is 2.04. The first-order valence-corrected chi connectivity index (χ1v) is 9.04. The molecule has 0 aliphatic rings. The van der Waals surface area contributed by atoms with Crippen molar-refractivity contribution in [2.24, 2.45) is 5.73 Å². The van der Waals surface area contributed by atoms with Crippen molar-refractivity contribution in [3.63, 3.8) is 0 Å². The third-order valence-electron chi connectivity index (χ3n) is 4.07. The van der Waals surface area contributed by atoms with Crippen molar-refractivity contribution in [2.45, 2.75) is 45.4 Å². The van der Waals surface area contributed by atoms with Crippen LogP contribution in [0.1, 0.15) is 43.2 Å². The maximum Gasteiger partial charge on any atom is 0.219 e. The SMILES string of the molecule is Cc1ccnc(-c2cc(CCCCC(=O)NCCCCN)ccn2)c1. The summed E-state index contributed by atoms with van der Waals surface area (Å²) in [7, 11) is 0. The van der Waals surface area contributed by atoms with Crippen molar-refractivity contribution in [3.05, 3.63) is 47.8 Å². The van der Waals surface area contributed by atoms with E-state index in [-0.39, 0.29) is 5.91 Å². The van der Waals surface area contributed by atoms with E-state index in [9.17, 15) is 4.79 Å². The fourth-order valence-corrected chi connectivity index (χ4v) is 2.65. The molecule has 0 saturated heterocycles. The molecule has 2 rings (SSSR count). The van der Waals surface area contributed by atoms with Gasteiger partial charge < -0.3 is 11.1 Å². The molecular weight excluding hydrogens is 312 g/mol. The quantitative estimate of drug-likeness (QED) is 0.652. The largest absolute Gasteiger partial charge is 0.356 e. The van der Waals surface area contributed by atoms with Crippen LogP contribution in [0, 0.1) is 6.92 Å². The van der Waals surface area contributed by atoms with Gasteiger partial charge in [-0.05, 0) is 81.0 Å². The van der Waals surface area contributed by atoms with E-state index in [0.717, 1.165) is 50.0 Å². The van der Waals surface area contributed by atoms with Gasteiger partial charge in [0.1, 0.15) is 0 Å². The Morgan fingerprint density at radius 1 is 1.04 bits per heavy atom. The lowest BCUT2D eigenvalue weighted by Gasteiger charge is -2.06. The lowest BCUT2D eigenvalue weighted by atomic mass is 10.1. The first-order valence-electron chi connectivity index (χ1n) is 9.04. The second kappa shape index (κ2) is 10.6. The van der Waals surface area contributed by atoms with Gasteiger partial charge in [-0.3, -0.25) is 14.8 Å². The molecule has 0 saturated carbocycles. The molecule has 5 nitrogen and oxygen atoms in total. The van der Waals surface area contributed by atoms with Crippen LogP contribution in [0.2, 0.25) is 0 Å². The highest BCUT2D eigenvalue weighted by atomic mass is 16.1. The average Bonchev–Trinajstić information content (AvgIpc) is 2.63. The molecule has 134 valence electrons. The number of carbonyl (C=O) groups is 1. The van der Waals surface area contributed by atoms with Gasteiger partial charge in [0.05, 0.1) is 11.4 Å². The minimum atomic E-state index is 0.136. The van der Waals surface area contributed by atoms with Crippen molar-refractivity contribution < 1.29 is 4.79 Å². The van der Waals surface area contributed by atoms with Gasteiger partial charge >= 0.3 is 0 Å². The third kappa shape index (κ3) is 7.01. The summed E-state index contributed by atoms with van der Waals surface area (Å²) in [6.07, 6.45) is 8.96. The highest BCUT2D eigenvalue weighted by molar-refractivity contribution is 5.75. The van der Waals surface area contributed by atoms with Crippen LogP contribution in [0.3, 0.4) is 0 Å². The molecule has 0 spiro atoms. The smallest absolute Gasteiger partial charge is 0.219 e. The molecule has 0 bridgehead atoms. The fraction of sp³-hybridized carbons (Fsp3) is 0.450. The van der Waals surface area contributed by atoms with Crippen molar-refractivity contribution >= 4 is 5.91 Å². The van der Waals surface area contributed by atoms with Gasteiger partial charge in [0, 0.05) is 25.4 Å². The van der Waals surface area contributed by atoms with Gasteiger partial charge in [0.25, 0.3) is 0 Å². The van der Waals surface area contributed by atoms with Crippen molar-refractivity contribution in [1.82, 2.24) is 15.3 Å². The standard InChI is InChI=1S/C20H28N4O/c1-16-8-12-22-18(14-16)19-15-17(9-13-23-19)6-2-3-7-20(25)24-11-5-4-10-21/h8-9,12-15H,2-7,10-11,21H2,1H3,(H,24,25). The normalized spacial score (nSPS) is 10.6. The maximum atomic E-state index is 11.7. The van der Waals surface area contributed by atoms with E-state index in [4.69, 9.17) is 5.73 Å². The van der Waals surface area contributed by atoms with E-state index in [0.29, 0.717) is 13.0 Å². The number of aryl methyl sites for hydroxylation is 2. The summed E-state index contributed by atoms with van der Waals surface area (Å²) in [4.78, 5) is 20.5. The third-order valence-corrected chi connectivity index (χ3v) is 4.07. The number of hydrogen-bond acceptors (Lipinski definition) is 4. The fourth-order valence-electron chi connectivity index (χ4n) is 2.65. The van der Waals surface area contributed by atoms with Crippen LogP contribution in [0.15, 0.2) is 36.7 Å². The number of nitrogens with one attached hydrogen (secondary N) is 1. The Morgan fingerprint density at radius 2 is 1.80 bits per heavy atom. The molecule has 3 N–H and O–H groups in total. The molecule has 0 atom stereocenters. The summed E-state index contributed by atoms with van der Waals surface area (Å²) in [5, 5.41) is 2.94. The number of nitrogens with two attached hydrogens (primary N) is 1. The van der Waals surface area contributed by atoms with E-state index >= 15 is 0 Å². The van der Waals surface area contributed by atoms with Crippen molar-refractivity contribution in [1.29, 1.82) is 0 Å². The summed E-state index contributed by atoms with van der Waals surface area (Å²) < 4.78 is 0. The number of rotatable bonds is 10. The minimum absolute atomic E-state index is 0.136. The Kier molecular flexibility index (Phi) is 8.05. The number of aromatic nitrogens is 2. The lowest BCUT2D eigenvalue weighted by molar-refractivity contribution is -0.121. The molecule has 0 aliphatic carbocycles. The van der Waals surface area contributed by atoms with E-state index in [1.807, 2.05) is 30.6 Å². The zero-order valence-electron chi connectivity index (χ0n) is 15.0. The molecule has 0 fully saturated rings. The summed E-state index contributed by atoms with van der Waals surface area (Å²) in [5.74, 6) is 0.136.